The fraction of sp³-hybridized carbons (Fsp3) is 0.273. The minimum Gasteiger partial charge on any atom is -0.481 e. The van der Waals surface area contributed by atoms with E-state index >= 15 is 0 Å². The van der Waals surface area contributed by atoms with Crippen LogP contribution in [0.5, 0.6) is 0 Å². The molecule has 1 aliphatic rings. The molecule has 1 amide bonds. The summed E-state index contributed by atoms with van der Waals surface area (Å²) in [5.41, 5.74) is 1.04. The minimum absolute atomic E-state index is 0.173. The fourth-order valence-corrected chi connectivity index (χ4v) is 2.58. The number of nitrogens with zero attached hydrogens (tertiary/aromatic N) is 1. The maximum atomic E-state index is 11.2. The van der Waals surface area contributed by atoms with Gasteiger partial charge in [-0.25, -0.2) is 0 Å². The first kappa shape index (κ1) is 13.3. The Morgan fingerprint density at radius 2 is 2.21 bits per heavy atom. The van der Waals surface area contributed by atoms with Crippen molar-refractivity contribution in [3.05, 3.63) is 27.8 Å². The third-order valence-corrected chi connectivity index (χ3v) is 3.66. The zero-order valence-corrected chi connectivity index (χ0v) is 10.5. The van der Waals surface area contributed by atoms with E-state index in [1.807, 2.05) is 0 Å². The number of carboxylic acids is 1. The molecule has 100 valence electrons. The number of hydrogen-bond acceptors (Lipinski definition) is 5. The van der Waals surface area contributed by atoms with Crippen LogP contribution in [0.2, 0.25) is 0 Å². The molecule has 1 aromatic carbocycles. The molecule has 1 aromatic rings. The first-order valence-electron chi connectivity index (χ1n) is 5.43. The van der Waals surface area contributed by atoms with E-state index in [2.05, 4.69) is 5.32 Å². The molecule has 7 nitrogen and oxygen atoms in total. The summed E-state index contributed by atoms with van der Waals surface area (Å²) in [6.45, 7) is 0. The van der Waals surface area contributed by atoms with Crippen molar-refractivity contribution >= 4 is 35.0 Å². The Morgan fingerprint density at radius 3 is 2.84 bits per heavy atom. The van der Waals surface area contributed by atoms with Gasteiger partial charge in [-0.3, -0.25) is 19.7 Å². The van der Waals surface area contributed by atoms with E-state index in [4.69, 9.17) is 5.11 Å². The number of nitro groups is 1. The SMILES string of the molecule is O=C(O)CSc1cc2c(cc1[N+](=O)[O-])NC(=O)CC2. The van der Waals surface area contributed by atoms with E-state index < -0.39 is 10.9 Å². The van der Waals surface area contributed by atoms with E-state index in [0.717, 1.165) is 17.3 Å². The molecule has 0 radical (unpaired) electrons. The second-order valence-corrected chi connectivity index (χ2v) is 4.98. The highest BCUT2D eigenvalue weighted by molar-refractivity contribution is 8.00. The first-order valence-corrected chi connectivity index (χ1v) is 6.41. The van der Waals surface area contributed by atoms with Gasteiger partial charge in [-0.15, -0.1) is 11.8 Å². The summed E-state index contributed by atoms with van der Waals surface area (Å²) in [4.78, 5) is 32.5. The van der Waals surface area contributed by atoms with Gasteiger partial charge in [-0.2, -0.15) is 0 Å². The minimum atomic E-state index is -1.04. The topological polar surface area (TPSA) is 110 Å². The summed E-state index contributed by atoms with van der Waals surface area (Å²) in [6.07, 6.45) is 0.827. The van der Waals surface area contributed by atoms with Gasteiger partial charge in [0.05, 0.1) is 21.3 Å². The highest BCUT2D eigenvalue weighted by Gasteiger charge is 2.23. The van der Waals surface area contributed by atoms with E-state index in [-0.39, 0.29) is 17.3 Å². The van der Waals surface area contributed by atoms with E-state index in [0.29, 0.717) is 23.4 Å². The van der Waals surface area contributed by atoms with Crippen LogP contribution in [-0.2, 0) is 16.0 Å². The van der Waals surface area contributed by atoms with Crippen LogP contribution in [-0.4, -0.2) is 27.7 Å². The number of rotatable bonds is 4. The standard InChI is InChI=1S/C11H10N2O5S/c14-10-2-1-6-3-9(19-5-11(15)16)8(13(17)18)4-7(6)12-10/h3-4H,1-2,5H2,(H,12,14)(H,15,16). The Balaban J connectivity index is 2.38. The molecule has 2 rings (SSSR count). The van der Waals surface area contributed by atoms with Crippen LogP contribution in [0.4, 0.5) is 11.4 Å². The van der Waals surface area contributed by atoms with Crippen LogP contribution in [0.3, 0.4) is 0 Å². The Bertz CT molecular complexity index is 572. The van der Waals surface area contributed by atoms with Gasteiger partial charge in [-0.1, -0.05) is 0 Å². The predicted octanol–water partition coefficient (Wildman–Crippen LogP) is 1.66. The predicted molar refractivity (Wildman–Crippen MR) is 68.4 cm³/mol. The number of carbonyl (C=O) groups is 2. The summed E-state index contributed by atoms with van der Waals surface area (Å²) >= 11 is 0.903. The van der Waals surface area contributed by atoms with Crippen molar-refractivity contribution in [3.63, 3.8) is 0 Å². The Labute approximate surface area is 112 Å². The number of amides is 1. The van der Waals surface area contributed by atoms with Crippen LogP contribution in [0, 0.1) is 10.1 Å². The summed E-state index contributed by atoms with van der Waals surface area (Å²) in [5.74, 6) is -1.45. The van der Waals surface area contributed by atoms with Gasteiger partial charge >= 0.3 is 5.97 Å². The van der Waals surface area contributed by atoms with Gasteiger partial charge in [0, 0.05) is 12.5 Å². The molecule has 0 unspecified atom stereocenters. The third kappa shape index (κ3) is 3.02. The zero-order chi connectivity index (χ0) is 14.0. The molecular weight excluding hydrogens is 272 g/mol. The summed E-state index contributed by atoms with van der Waals surface area (Å²) < 4.78 is 0. The summed E-state index contributed by atoms with van der Waals surface area (Å²) in [7, 11) is 0. The molecule has 0 spiro atoms. The maximum absolute atomic E-state index is 11.2. The van der Waals surface area contributed by atoms with Crippen molar-refractivity contribution in [2.75, 3.05) is 11.1 Å². The number of nitrogens with one attached hydrogen (secondary N) is 1. The van der Waals surface area contributed by atoms with E-state index in [1.54, 1.807) is 6.07 Å². The molecule has 0 aliphatic carbocycles. The van der Waals surface area contributed by atoms with Crippen molar-refractivity contribution in [2.24, 2.45) is 0 Å². The molecule has 0 atom stereocenters. The molecule has 0 saturated carbocycles. The van der Waals surface area contributed by atoms with Crippen LogP contribution >= 0.6 is 11.8 Å². The van der Waals surface area contributed by atoms with Gasteiger partial charge in [0.1, 0.15) is 0 Å². The molecule has 1 heterocycles. The molecule has 1 aliphatic heterocycles. The molecular formula is C11H10N2O5S. The number of nitro benzene ring substituents is 1. The highest BCUT2D eigenvalue weighted by atomic mass is 32.2. The Morgan fingerprint density at radius 1 is 1.47 bits per heavy atom. The first-order chi connectivity index (χ1) is 8.97. The van der Waals surface area contributed by atoms with Gasteiger partial charge in [0.15, 0.2) is 0 Å². The molecule has 0 fully saturated rings. The number of fused-ring (bicyclic) bond motifs is 1. The monoisotopic (exact) mass is 282 g/mol. The second kappa shape index (κ2) is 5.27. The van der Waals surface area contributed by atoms with Gasteiger partial charge in [-0.05, 0) is 18.1 Å². The number of benzene rings is 1. The smallest absolute Gasteiger partial charge is 0.313 e. The number of aryl methyl sites for hydroxylation is 1. The lowest BCUT2D eigenvalue weighted by Gasteiger charge is -2.17. The number of thioether (sulfide) groups is 1. The number of carboxylic acid groups (broad SMARTS) is 1. The van der Waals surface area contributed by atoms with E-state index in [9.17, 15) is 19.7 Å². The van der Waals surface area contributed by atoms with Gasteiger partial charge < -0.3 is 10.4 Å². The summed E-state index contributed by atoms with van der Waals surface area (Å²) in [6, 6.07) is 2.87. The third-order valence-electron chi connectivity index (χ3n) is 2.63. The number of carbonyl (C=O) groups excluding carboxylic acids is 1. The highest BCUT2D eigenvalue weighted by Crippen LogP contribution is 2.36. The van der Waals surface area contributed by atoms with Crippen LogP contribution in [0.25, 0.3) is 0 Å². The molecule has 0 aromatic heterocycles. The normalized spacial score (nSPS) is 13.6. The van der Waals surface area contributed by atoms with Crippen molar-refractivity contribution in [1.82, 2.24) is 0 Å². The quantitative estimate of drug-likeness (QED) is 0.493. The molecule has 19 heavy (non-hydrogen) atoms. The molecule has 8 heteroatoms. The van der Waals surface area contributed by atoms with E-state index in [1.165, 1.54) is 6.07 Å². The van der Waals surface area contributed by atoms with Crippen molar-refractivity contribution in [2.45, 2.75) is 17.7 Å². The van der Waals surface area contributed by atoms with Crippen molar-refractivity contribution in [3.8, 4) is 0 Å². The van der Waals surface area contributed by atoms with Crippen LogP contribution in [0.1, 0.15) is 12.0 Å². The largest absolute Gasteiger partial charge is 0.481 e. The lowest BCUT2D eigenvalue weighted by molar-refractivity contribution is -0.387. The molecule has 0 saturated heterocycles. The lowest BCUT2D eigenvalue weighted by Crippen LogP contribution is -2.19. The average Bonchev–Trinajstić information content (AvgIpc) is 2.35. The lowest BCUT2D eigenvalue weighted by atomic mass is 10.0. The summed E-state index contributed by atoms with van der Waals surface area (Å²) in [5, 5.41) is 22.2. The molecule has 2 N–H and O–H groups in total. The second-order valence-electron chi connectivity index (χ2n) is 3.96. The average molecular weight is 282 g/mol. The number of anilines is 1. The maximum Gasteiger partial charge on any atom is 0.313 e. The number of hydrogen-bond donors (Lipinski definition) is 2. The molecule has 0 bridgehead atoms. The van der Waals surface area contributed by atoms with Crippen LogP contribution in [0.15, 0.2) is 17.0 Å². The van der Waals surface area contributed by atoms with Gasteiger partial charge in [0.2, 0.25) is 5.91 Å². The Hall–Kier alpha value is -2.09. The van der Waals surface area contributed by atoms with Gasteiger partial charge in [0.25, 0.3) is 5.69 Å². The van der Waals surface area contributed by atoms with Crippen molar-refractivity contribution in [1.29, 1.82) is 0 Å². The Kier molecular flexibility index (Phi) is 3.70. The number of aliphatic carboxylic acids is 1. The van der Waals surface area contributed by atoms with Crippen molar-refractivity contribution < 1.29 is 19.6 Å². The fourth-order valence-electron chi connectivity index (χ4n) is 1.79. The zero-order valence-electron chi connectivity index (χ0n) is 9.71. The van der Waals surface area contributed by atoms with Crippen LogP contribution < -0.4 is 5.32 Å².